The lowest BCUT2D eigenvalue weighted by atomic mass is 9.78. The van der Waals surface area contributed by atoms with Crippen LogP contribution in [0.3, 0.4) is 0 Å². The molecular formula is C36H51ClN10O6. The predicted octanol–water partition coefficient (Wildman–Crippen LogP) is 5.73. The van der Waals surface area contributed by atoms with Crippen molar-refractivity contribution in [3.05, 3.63) is 63.8 Å². The third-order valence-electron chi connectivity index (χ3n) is 9.61. The number of esters is 2. The molecule has 2 fully saturated rings. The molecule has 2 aliphatic carbocycles. The van der Waals surface area contributed by atoms with Crippen LogP contribution >= 0.6 is 11.6 Å². The van der Waals surface area contributed by atoms with Crippen LogP contribution < -0.4 is 11.1 Å². The van der Waals surface area contributed by atoms with E-state index in [1.165, 1.54) is 14.2 Å². The van der Waals surface area contributed by atoms with Gasteiger partial charge in [0, 0.05) is 67.0 Å². The maximum atomic E-state index is 12.1. The first-order chi connectivity index (χ1) is 25.2. The number of nitrogen functional groups attached to an aromatic ring is 1. The lowest BCUT2D eigenvalue weighted by Gasteiger charge is -2.36. The number of halogens is 1. The molecule has 17 heteroatoms. The van der Waals surface area contributed by atoms with Crippen LogP contribution in [0.1, 0.15) is 97.6 Å². The van der Waals surface area contributed by atoms with E-state index in [9.17, 15) is 9.59 Å². The molecule has 288 valence electrons. The molecule has 2 aliphatic rings. The van der Waals surface area contributed by atoms with Gasteiger partial charge in [-0.2, -0.15) is 10.2 Å². The highest BCUT2D eigenvalue weighted by molar-refractivity contribution is 6.29. The van der Waals surface area contributed by atoms with E-state index in [0.29, 0.717) is 36.7 Å². The summed E-state index contributed by atoms with van der Waals surface area (Å²) in [6.45, 7) is 7.69. The molecule has 4 aromatic rings. The van der Waals surface area contributed by atoms with Gasteiger partial charge in [-0.25, -0.2) is 29.5 Å². The van der Waals surface area contributed by atoms with Crippen molar-refractivity contribution in [2.45, 2.75) is 102 Å². The Kier molecular flexibility index (Phi) is 14.3. The molecule has 4 heterocycles. The Morgan fingerprint density at radius 1 is 0.698 bits per heavy atom. The van der Waals surface area contributed by atoms with Gasteiger partial charge in [-0.05, 0) is 85.1 Å². The Balaban J connectivity index is 0.000000204. The highest BCUT2D eigenvalue weighted by Crippen LogP contribution is 2.41. The zero-order valence-corrected chi connectivity index (χ0v) is 32.5. The molecule has 0 bridgehead atoms. The fraction of sp³-hybridized carbons (Fsp3) is 0.556. The average Bonchev–Trinajstić information content (AvgIpc) is 3.75. The zero-order chi connectivity index (χ0) is 38.8. The molecule has 0 unspecified atom stereocenters. The SMILES string of the molecule is COC(=O)C1(OC)CCC(c2nc(C)cc(Cl)n2)CC1.COC(=O)C1(OC)CCC(c2nc(C)cc(Nc3cc(C)[nH]n3)n2)CC1.Cc1cc(N)n[nH]1. The summed E-state index contributed by atoms with van der Waals surface area (Å²) in [5.74, 6) is 3.32. The van der Waals surface area contributed by atoms with Gasteiger partial charge in [0.25, 0.3) is 0 Å². The third kappa shape index (κ3) is 10.7. The molecule has 5 N–H and O–H groups in total. The van der Waals surface area contributed by atoms with E-state index < -0.39 is 11.2 Å². The summed E-state index contributed by atoms with van der Waals surface area (Å²) in [7, 11) is 5.90. The van der Waals surface area contributed by atoms with E-state index in [1.807, 2.05) is 39.8 Å². The van der Waals surface area contributed by atoms with Gasteiger partial charge in [0.2, 0.25) is 0 Å². The van der Waals surface area contributed by atoms with Crippen molar-refractivity contribution in [2.24, 2.45) is 0 Å². The summed E-state index contributed by atoms with van der Waals surface area (Å²) in [6, 6.07) is 7.33. The van der Waals surface area contributed by atoms with Crippen LogP contribution in [0.25, 0.3) is 0 Å². The fourth-order valence-corrected chi connectivity index (χ4v) is 6.91. The van der Waals surface area contributed by atoms with E-state index in [-0.39, 0.29) is 23.8 Å². The van der Waals surface area contributed by atoms with E-state index in [4.69, 9.17) is 36.3 Å². The Labute approximate surface area is 314 Å². The number of hydrogen-bond donors (Lipinski definition) is 4. The number of carbonyl (C=O) groups is 2. The molecular weight excluding hydrogens is 704 g/mol. The zero-order valence-electron chi connectivity index (χ0n) is 31.7. The van der Waals surface area contributed by atoms with Gasteiger partial charge < -0.3 is 30.0 Å². The monoisotopic (exact) mass is 754 g/mol. The van der Waals surface area contributed by atoms with Crippen LogP contribution in [0.2, 0.25) is 5.15 Å². The number of anilines is 3. The van der Waals surface area contributed by atoms with Crippen molar-refractivity contribution in [1.29, 1.82) is 0 Å². The topological polar surface area (TPSA) is 218 Å². The molecule has 16 nitrogen and oxygen atoms in total. The first-order valence-corrected chi connectivity index (χ1v) is 17.8. The van der Waals surface area contributed by atoms with Crippen LogP contribution in [0.4, 0.5) is 17.5 Å². The van der Waals surface area contributed by atoms with Gasteiger partial charge in [0.1, 0.15) is 28.4 Å². The maximum absolute atomic E-state index is 12.1. The second-order valence-electron chi connectivity index (χ2n) is 13.4. The summed E-state index contributed by atoms with van der Waals surface area (Å²) in [5.41, 5.74) is 7.29. The van der Waals surface area contributed by atoms with Crippen LogP contribution in [-0.4, -0.2) is 91.9 Å². The molecule has 53 heavy (non-hydrogen) atoms. The largest absolute Gasteiger partial charge is 0.467 e. The number of nitrogens with two attached hydrogens (primary N) is 1. The van der Waals surface area contributed by atoms with Crippen molar-refractivity contribution in [3.63, 3.8) is 0 Å². The second-order valence-corrected chi connectivity index (χ2v) is 13.8. The lowest BCUT2D eigenvalue weighted by Crippen LogP contribution is -2.44. The molecule has 0 amide bonds. The molecule has 0 radical (unpaired) electrons. The lowest BCUT2D eigenvalue weighted by molar-refractivity contribution is -0.171. The van der Waals surface area contributed by atoms with Crippen LogP contribution in [0, 0.1) is 27.7 Å². The van der Waals surface area contributed by atoms with Crippen molar-refractivity contribution < 1.29 is 28.5 Å². The van der Waals surface area contributed by atoms with Crippen LogP contribution in [0.15, 0.2) is 24.3 Å². The molecule has 4 aromatic heterocycles. The number of aromatic amines is 2. The maximum Gasteiger partial charge on any atom is 0.338 e. The molecule has 0 spiro atoms. The minimum atomic E-state index is -0.845. The summed E-state index contributed by atoms with van der Waals surface area (Å²) < 4.78 is 20.7. The third-order valence-corrected chi connectivity index (χ3v) is 9.81. The second kappa shape index (κ2) is 18.4. The van der Waals surface area contributed by atoms with Crippen molar-refractivity contribution in [1.82, 2.24) is 40.3 Å². The number of carbonyl (C=O) groups excluding carboxylic acids is 2. The Bertz CT molecular complexity index is 1780. The minimum Gasteiger partial charge on any atom is -0.467 e. The molecule has 0 aliphatic heterocycles. The average molecular weight is 755 g/mol. The molecule has 6 rings (SSSR count). The number of aryl methyl sites for hydroxylation is 4. The molecule has 0 saturated heterocycles. The van der Waals surface area contributed by atoms with Gasteiger partial charge in [-0.1, -0.05) is 11.6 Å². The number of aromatic nitrogens is 8. The Hall–Kier alpha value is -4.67. The number of ether oxygens (including phenoxy) is 4. The Morgan fingerprint density at radius 2 is 1.17 bits per heavy atom. The Morgan fingerprint density at radius 3 is 1.55 bits per heavy atom. The number of H-pyrrole nitrogens is 2. The standard InChI is InChI=1S/C18H25N5O3.C14H19ClN2O3.C4H7N3/c1-11-9-14(20-15-10-12(2)22-23-15)21-16(19-11)13-5-7-18(26-4,8-6-13)17(24)25-3;1-9-8-11(15)17-12(16-9)10-4-6-14(20-3,7-5-10)13(18)19-2;1-3-2-4(5)7-6-3/h9-10,13H,5-8H2,1-4H3,(H2,19,20,21,22,23);8,10H,4-7H2,1-3H3;2H,1H3,(H3,5,6,7). The van der Waals surface area contributed by atoms with Gasteiger partial charge in [-0.15, -0.1) is 0 Å². The molecule has 2 saturated carbocycles. The fourth-order valence-electron chi connectivity index (χ4n) is 6.66. The van der Waals surface area contributed by atoms with Crippen LogP contribution in [0.5, 0.6) is 0 Å². The highest BCUT2D eigenvalue weighted by atomic mass is 35.5. The summed E-state index contributed by atoms with van der Waals surface area (Å²) >= 11 is 5.98. The minimum absolute atomic E-state index is 0.185. The van der Waals surface area contributed by atoms with Crippen molar-refractivity contribution in [3.8, 4) is 0 Å². The van der Waals surface area contributed by atoms with E-state index >= 15 is 0 Å². The number of methoxy groups -OCH3 is 4. The van der Waals surface area contributed by atoms with Gasteiger partial charge in [0.15, 0.2) is 17.0 Å². The van der Waals surface area contributed by atoms with Crippen molar-refractivity contribution in [2.75, 3.05) is 39.5 Å². The smallest absolute Gasteiger partial charge is 0.338 e. The number of nitrogens with one attached hydrogen (secondary N) is 3. The number of hydrogen-bond acceptors (Lipinski definition) is 14. The highest BCUT2D eigenvalue weighted by Gasteiger charge is 2.45. The molecule has 0 aromatic carbocycles. The first-order valence-electron chi connectivity index (χ1n) is 17.5. The number of rotatable bonds is 8. The summed E-state index contributed by atoms with van der Waals surface area (Å²) in [5, 5.41) is 17.1. The normalized spacial score (nSPS) is 22.4. The predicted molar refractivity (Wildman–Crippen MR) is 199 cm³/mol. The van der Waals surface area contributed by atoms with E-state index in [0.717, 1.165) is 71.7 Å². The van der Waals surface area contributed by atoms with Gasteiger partial charge in [-0.3, -0.25) is 10.2 Å². The molecule has 0 atom stereocenters. The van der Waals surface area contributed by atoms with Crippen LogP contribution in [-0.2, 0) is 28.5 Å². The van der Waals surface area contributed by atoms with Gasteiger partial charge >= 0.3 is 11.9 Å². The van der Waals surface area contributed by atoms with Gasteiger partial charge in [0.05, 0.1) is 14.2 Å². The van der Waals surface area contributed by atoms with E-state index in [1.54, 1.807) is 26.4 Å². The quantitative estimate of drug-likeness (QED) is 0.125. The summed E-state index contributed by atoms with van der Waals surface area (Å²) in [6.07, 6.45) is 5.51. The van der Waals surface area contributed by atoms with E-state index in [2.05, 4.69) is 45.6 Å². The van der Waals surface area contributed by atoms with Crippen molar-refractivity contribution >= 4 is 41.0 Å². The summed E-state index contributed by atoms with van der Waals surface area (Å²) in [4.78, 5) is 42.0. The first kappa shape index (κ1) is 41.1. The number of nitrogens with zero attached hydrogens (tertiary/aromatic N) is 6.